The molecule has 1 heterocycles. The van der Waals surface area contributed by atoms with Gasteiger partial charge in [-0.3, -0.25) is 4.99 Å². The van der Waals surface area contributed by atoms with Crippen molar-refractivity contribution in [3.8, 4) is 0 Å². The fourth-order valence-corrected chi connectivity index (χ4v) is 2.98. The third kappa shape index (κ3) is 2.92. The summed E-state index contributed by atoms with van der Waals surface area (Å²) < 4.78 is 0. The van der Waals surface area contributed by atoms with Gasteiger partial charge in [0.25, 0.3) is 0 Å². The minimum absolute atomic E-state index is 0.336. The zero-order valence-electron chi connectivity index (χ0n) is 12.3. The second-order valence-electron chi connectivity index (χ2n) is 5.61. The summed E-state index contributed by atoms with van der Waals surface area (Å²) in [6.07, 6.45) is 1.04. The fraction of sp³-hybridized carbons (Fsp3) is 0.278. The van der Waals surface area contributed by atoms with Gasteiger partial charge in [-0.1, -0.05) is 55.5 Å². The Hall–Kier alpha value is -2.29. The molecule has 0 amide bonds. The van der Waals surface area contributed by atoms with E-state index in [1.165, 1.54) is 5.56 Å². The molecule has 2 aromatic rings. The van der Waals surface area contributed by atoms with Crippen molar-refractivity contribution in [2.75, 3.05) is 11.4 Å². The van der Waals surface area contributed by atoms with Crippen LogP contribution in [0.2, 0.25) is 0 Å². The van der Waals surface area contributed by atoms with Gasteiger partial charge in [-0.05, 0) is 30.0 Å². The van der Waals surface area contributed by atoms with Crippen LogP contribution in [0.4, 0.5) is 5.69 Å². The highest BCUT2D eigenvalue weighted by Crippen LogP contribution is 2.28. The number of benzene rings is 2. The van der Waals surface area contributed by atoms with E-state index >= 15 is 0 Å². The second kappa shape index (κ2) is 6.00. The highest BCUT2D eigenvalue weighted by molar-refractivity contribution is 5.97. The lowest BCUT2D eigenvalue weighted by Gasteiger charge is -2.28. The maximum Gasteiger partial charge on any atom is 0.196 e. The van der Waals surface area contributed by atoms with E-state index < -0.39 is 0 Å². The van der Waals surface area contributed by atoms with Gasteiger partial charge in [-0.15, -0.1) is 0 Å². The normalized spacial score (nSPS) is 19.4. The van der Waals surface area contributed by atoms with Crippen LogP contribution in [-0.4, -0.2) is 18.5 Å². The highest BCUT2D eigenvalue weighted by atomic mass is 15.3. The van der Waals surface area contributed by atoms with Crippen LogP contribution in [0.15, 0.2) is 65.7 Å². The molecule has 3 heteroatoms. The zero-order valence-corrected chi connectivity index (χ0v) is 12.3. The minimum atomic E-state index is 0.336. The molecule has 21 heavy (non-hydrogen) atoms. The third-order valence-electron chi connectivity index (χ3n) is 4.10. The predicted octanol–water partition coefficient (Wildman–Crippen LogP) is 3.38. The molecule has 2 aromatic carbocycles. The molecule has 0 radical (unpaired) electrons. The molecule has 0 fully saturated rings. The Kier molecular flexibility index (Phi) is 3.91. The molecule has 2 unspecified atom stereocenters. The van der Waals surface area contributed by atoms with Crippen LogP contribution >= 0.6 is 0 Å². The SMILES string of the molecule is CC(CC1CN=C(N)N1c1ccccc1)c1ccccc1. The molecular formula is C18H21N3. The number of anilines is 1. The standard InChI is InChI=1S/C18H21N3/c1-14(15-8-4-2-5-9-15)12-17-13-20-18(19)21(17)16-10-6-3-7-11-16/h2-11,14,17H,12-13H2,1H3,(H2,19,20). The summed E-state index contributed by atoms with van der Waals surface area (Å²) in [5.74, 6) is 1.12. The van der Waals surface area contributed by atoms with Gasteiger partial charge in [-0.2, -0.15) is 0 Å². The number of aliphatic imine (C=N–C) groups is 1. The molecule has 2 N–H and O–H groups in total. The molecule has 0 aromatic heterocycles. The van der Waals surface area contributed by atoms with Crippen LogP contribution in [0.3, 0.4) is 0 Å². The number of rotatable bonds is 4. The summed E-state index contributed by atoms with van der Waals surface area (Å²) in [7, 11) is 0. The second-order valence-corrected chi connectivity index (χ2v) is 5.61. The van der Waals surface area contributed by atoms with Crippen LogP contribution in [0.25, 0.3) is 0 Å². The predicted molar refractivity (Wildman–Crippen MR) is 88.7 cm³/mol. The lowest BCUT2D eigenvalue weighted by molar-refractivity contribution is 0.573. The van der Waals surface area contributed by atoms with E-state index in [0.717, 1.165) is 18.7 Å². The molecule has 1 aliphatic rings. The zero-order chi connectivity index (χ0) is 14.7. The van der Waals surface area contributed by atoms with Gasteiger partial charge in [0.2, 0.25) is 0 Å². The highest BCUT2D eigenvalue weighted by Gasteiger charge is 2.28. The lowest BCUT2D eigenvalue weighted by atomic mass is 9.93. The van der Waals surface area contributed by atoms with Gasteiger partial charge in [0.15, 0.2) is 5.96 Å². The average Bonchev–Trinajstić information content (AvgIpc) is 2.89. The first-order chi connectivity index (χ1) is 10.3. The van der Waals surface area contributed by atoms with E-state index in [-0.39, 0.29) is 0 Å². The molecule has 0 spiro atoms. The Bertz CT molecular complexity index is 607. The third-order valence-corrected chi connectivity index (χ3v) is 4.10. The van der Waals surface area contributed by atoms with Crippen LogP contribution in [0, 0.1) is 0 Å². The van der Waals surface area contributed by atoms with Crippen molar-refractivity contribution in [1.29, 1.82) is 0 Å². The minimum Gasteiger partial charge on any atom is -0.370 e. The molecule has 3 nitrogen and oxygen atoms in total. The van der Waals surface area contributed by atoms with Gasteiger partial charge in [0, 0.05) is 5.69 Å². The fourth-order valence-electron chi connectivity index (χ4n) is 2.98. The van der Waals surface area contributed by atoms with Crippen LogP contribution in [0.1, 0.15) is 24.8 Å². The topological polar surface area (TPSA) is 41.6 Å². The Morgan fingerprint density at radius 3 is 2.38 bits per heavy atom. The number of hydrogen-bond acceptors (Lipinski definition) is 3. The number of nitrogens with two attached hydrogens (primary N) is 1. The van der Waals surface area contributed by atoms with E-state index in [1.54, 1.807) is 0 Å². The molecule has 0 saturated heterocycles. The summed E-state index contributed by atoms with van der Waals surface area (Å²) in [6.45, 7) is 3.05. The van der Waals surface area contributed by atoms with E-state index in [9.17, 15) is 0 Å². The smallest absolute Gasteiger partial charge is 0.196 e. The Morgan fingerprint density at radius 1 is 1.10 bits per heavy atom. The molecule has 0 aliphatic carbocycles. The Labute approximate surface area is 126 Å². The Morgan fingerprint density at radius 2 is 1.71 bits per heavy atom. The monoisotopic (exact) mass is 279 g/mol. The van der Waals surface area contributed by atoms with Crippen molar-refractivity contribution in [3.05, 3.63) is 66.2 Å². The van der Waals surface area contributed by atoms with E-state index in [1.807, 2.05) is 18.2 Å². The van der Waals surface area contributed by atoms with Crippen molar-refractivity contribution in [2.24, 2.45) is 10.7 Å². The van der Waals surface area contributed by atoms with Crippen LogP contribution < -0.4 is 10.6 Å². The van der Waals surface area contributed by atoms with Gasteiger partial charge < -0.3 is 10.6 Å². The van der Waals surface area contributed by atoms with Crippen LogP contribution in [-0.2, 0) is 0 Å². The largest absolute Gasteiger partial charge is 0.370 e. The lowest BCUT2D eigenvalue weighted by Crippen LogP contribution is -2.41. The van der Waals surface area contributed by atoms with Gasteiger partial charge >= 0.3 is 0 Å². The average molecular weight is 279 g/mol. The molecule has 1 aliphatic heterocycles. The first-order valence-electron chi connectivity index (χ1n) is 7.45. The molecule has 0 saturated carbocycles. The number of hydrogen-bond donors (Lipinski definition) is 1. The number of nitrogens with zero attached hydrogens (tertiary/aromatic N) is 2. The quantitative estimate of drug-likeness (QED) is 0.932. The number of para-hydroxylation sites is 1. The molecule has 2 atom stereocenters. The van der Waals surface area contributed by atoms with Gasteiger partial charge in [0.1, 0.15) is 0 Å². The molecule has 3 rings (SSSR count). The summed E-state index contributed by atoms with van der Waals surface area (Å²) in [5, 5.41) is 0. The van der Waals surface area contributed by atoms with Crippen LogP contribution in [0.5, 0.6) is 0 Å². The molecule has 108 valence electrons. The van der Waals surface area contributed by atoms with E-state index in [4.69, 9.17) is 5.73 Å². The van der Waals surface area contributed by atoms with Gasteiger partial charge in [0.05, 0.1) is 12.6 Å². The maximum atomic E-state index is 6.09. The molecule has 0 bridgehead atoms. The summed E-state index contributed by atoms with van der Waals surface area (Å²) >= 11 is 0. The molecular weight excluding hydrogens is 258 g/mol. The Balaban J connectivity index is 1.76. The van der Waals surface area contributed by atoms with E-state index in [2.05, 4.69) is 59.3 Å². The van der Waals surface area contributed by atoms with Crippen molar-refractivity contribution >= 4 is 11.6 Å². The van der Waals surface area contributed by atoms with Crippen molar-refractivity contribution in [2.45, 2.75) is 25.3 Å². The van der Waals surface area contributed by atoms with Gasteiger partial charge in [-0.25, -0.2) is 0 Å². The van der Waals surface area contributed by atoms with Crippen molar-refractivity contribution in [1.82, 2.24) is 0 Å². The maximum absolute atomic E-state index is 6.09. The van der Waals surface area contributed by atoms with Crippen molar-refractivity contribution in [3.63, 3.8) is 0 Å². The summed E-state index contributed by atoms with van der Waals surface area (Å²) in [4.78, 5) is 6.61. The van der Waals surface area contributed by atoms with E-state index in [0.29, 0.717) is 17.9 Å². The first kappa shape index (κ1) is 13.7. The first-order valence-corrected chi connectivity index (χ1v) is 7.45. The number of guanidine groups is 1. The summed E-state index contributed by atoms with van der Waals surface area (Å²) in [6, 6.07) is 21.3. The van der Waals surface area contributed by atoms with Crippen molar-refractivity contribution < 1.29 is 0 Å². The summed E-state index contributed by atoms with van der Waals surface area (Å²) in [5.41, 5.74) is 8.59.